The molecule has 3 rings (SSSR count). The van der Waals surface area contributed by atoms with Crippen molar-refractivity contribution < 1.29 is 22.0 Å². The van der Waals surface area contributed by atoms with Crippen LogP contribution in [0.5, 0.6) is 0 Å². The smallest absolute Gasteiger partial charge is 0.308 e. The molecule has 0 aliphatic rings. The predicted octanol–water partition coefficient (Wildman–Crippen LogP) is 6.57. The van der Waals surface area contributed by atoms with E-state index >= 15 is 0 Å². The third-order valence-corrected chi connectivity index (χ3v) is 8.71. The second-order valence-corrected chi connectivity index (χ2v) is 11.3. The zero-order valence-corrected chi connectivity index (χ0v) is 20.2. The number of fused-ring (bicyclic) bond motifs is 1. The van der Waals surface area contributed by atoms with Crippen molar-refractivity contribution in [3.8, 4) is 0 Å². The first-order valence-electron chi connectivity index (χ1n) is 9.55. The fraction of sp³-hybridized carbons (Fsp3) is 0.238. The number of sulfonamides is 1. The summed E-state index contributed by atoms with van der Waals surface area (Å²) < 4.78 is 52.6. The molecule has 166 valence electrons. The molecule has 0 amide bonds. The number of rotatable bonds is 9. The van der Waals surface area contributed by atoms with Gasteiger partial charge >= 0.3 is 7.60 Å². The highest BCUT2D eigenvalue weighted by atomic mass is 35.5. The van der Waals surface area contributed by atoms with E-state index in [9.17, 15) is 13.0 Å². The molecule has 3 aromatic rings. The van der Waals surface area contributed by atoms with Crippen LogP contribution < -0.4 is 4.31 Å². The lowest BCUT2D eigenvalue weighted by Crippen LogP contribution is -2.33. The first-order valence-corrected chi connectivity index (χ1v) is 13.5. The van der Waals surface area contributed by atoms with Gasteiger partial charge in [-0.15, -0.1) is 0 Å². The van der Waals surface area contributed by atoms with Crippen LogP contribution in [0.4, 0.5) is 5.69 Å². The monoisotopic (exact) mass is 501 g/mol. The van der Waals surface area contributed by atoms with Gasteiger partial charge in [0.25, 0.3) is 10.0 Å². The average Bonchev–Trinajstić information content (AvgIpc) is 2.71. The molecule has 0 heterocycles. The second-order valence-electron chi connectivity index (χ2n) is 6.54. The van der Waals surface area contributed by atoms with Gasteiger partial charge in [-0.05, 0) is 43.5 Å². The van der Waals surface area contributed by atoms with Crippen molar-refractivity contribution in [2.45, 2.75) is 18.7 Å². The highest BCUT2D eigenvalue weighted by molar-refractivity contribution is 7.93. The maximum absolute atomic E-state index is 13.7. The van der Waals surface area contributed by atoms with Gasteiger partial charge < -0.3 is 9.05 Å². The number of hydrogen-bond donors (Lipinski definition) is 0. The van der Waals surface area contributed by atoms with E-state index < -0.39 is 23.9 Å². The lowest BCUT2D eigenvalue weighted by Gasteiger charge is -2.29. The summed E-state index contributed by atoms with van der Waals surface area (Å²) in [7, 11) is -8.01. The fourth-order valence-corrected chi connectivity index (χ4v) is 7.59. The number of halogens is 2. The van der Waals surface area contributed by atoms with E-state index in [4.69, 9.17) is 32.2 Å². The van der Waals surface area contributed by atoms with E-state index in [0.717, 1.165) is 9.69 Å². The fourth-order valence-electron chi connectivity index (χ4n) is 3.18. The van der Waals surface area contributed by atoms with Crippen LogP contribution in [0.1, 0.15) is 13.8 Å². The molecular formula is C21H22Cl2NO5PS. The lowest BCUT2D eigenvalue weighted by atomic mass is 10.1. The molecule has 0 N–H and O–H groups in total. The van der Waals surface area contributed by atoms with E-state index in [2.05, 4.69) is 0 Å². The molecule has 0 atom stereocenters. The van der Waals surface area contributed by atoms with Crippen molar-refractivity contribution in [2.24, 2.45) is 0 Å². The van der Waals surface area contributed by atoms with E-state index in [1.165, 1.54) is 18.2 Å². The van der Waals surface area contributed by atoms with Crippen molar-refractivity contribution in [3.05, 3.63) is 70.7 Å². The van der Waals surface area contributed by atoms with Crippen LogP contribution in [-0.2, 0) is 23.6 Å². The van der Waals surface area contributed by atoms with Gasteiger partial charge in [0.1, 0.15) is 6.29 Å². The van der Waals surface area contributed by atoms with E-state index in [1.807, 2.05) is 18.2 Å². The SMILES string of the molecule is CCOP(=O)(CN(c1cccc2ccccc12)S(=O)(=O)c1cc(Cl)cc(Cl)c1)OCC. The first kappa shape index (κ1) is 24.1. The van der Waals surface area contributed by atoms with E-state index in [-0.39, 0.29) is 28.2 Å². The van der Waals surface area contributed by atoms with Gasteiger partial charge in [-0.2, -0.15) is 0 Å². The number of anilines is 1. The summed E-state index contributed by atoms with van der Waals surface area (Å²) in [5.74, 6) is 0. The minimum absolute atomic E-state index is 0.101. The van der Waals surface area contributed by atoms with Gasteiger partial charge in [0.2, 0.25) is 0 Å². The molecule has 6 nitrogen and oxygen atoms in total. The van der Waals surface area contributed by atoms with Crippen molar-refractivity contribution in [1.82, 2.24) is 0 Å². The Labute approximate surface area is 192 Å². The zero-order valence-electron chi connectivity index (χ0n) is 17.0. The van der Waals surface area contributed by atoms with Gasteiger partial charge in [-0.3, -0.25) is 8.87 Å². The summed E-state index contributed by atoms with van der Waals surface area (Å²) in [4.78, 5) is -0.127. The minimum Gasteiger partial charge on any atom is -0.308 e. The Bertz CT molecular complexity index is 1200. The Balaban J connectivity index is 2.24. The molecule has 0 saturated heterocycles. The molecule has 0 fully saturated rings. The number of hydrogen-bond acceptors (Lipinski definition) is 5. The normalized spacial score (nSPS) is 12.3. The Morgan fingerprint density at radius 1 is 0.903 bits per heavy atom. The van der Waals surface area contributed by atoms with Crippen LogP contribution in [0, 0.1) is 0 Å². The van der Waals surface area contributed by atoms with Crippen LogP contribution in [-0.4, -0.2) is 27.9 Å². The Kier molecular flexibility index (Phi) is 7.68. The Morgan fingerprint density at radius 3 is 2.10 bits per heavy atom. The summed E-state index contributed by atoms with van der Waals surface area (Å²) in [6, 6.07) is 16.6. The minimum atomic E-state index is -4.23. The van der Waals surface area contributed by atoms with Gasteiger partial charge in [0, 0.05) is 15.4 Å². The summed E-state index contributed by atoms with van der Waals surface area (Å²) in [5, 5.41) is 1.83. The van der Waals surface area contributed by atoms with Crippen LogP contribution in [0.3, 0.4) is 0 Å². The van der Waals surface area contributed by atoms with Gasteiger partial charge in [-0.25, -0.2) is 8.42 Å². The number of benzene rings is 3. The molecule has 0 aliphatic carbocycles. The highest BCUT2D eigenvalue weighted by Crippen LogP contribution is 2.51. The van der Waals surface area contributed by atoms with E-state index in [0.29, 0.717) is 11.1 Å². The summed E-state index contributed by atoms with van der Waals surface area (Å²) in [6.07, 6.45) is -0.505. The zero-order chi connectivity index (χ0) is 22.6. The summed E-state index contributed by atoms with van der Waals surface area (Å²) >= 11 is 12.1. The van der Waals surface area contributed by atoms with Crippen molar-refractivity contribution >= 4 is 57.3 Å². The third kappa shape index (κ3) is 5.43. The van der Waals surface area contributed by atoms with Gasteiger partial charge in [-0.1, -0.05) is 59.6 Å². The molecule has 3 aromatic carbocycles. The second kappa shape index (κ2) is 9.90. The summed E-state index contributed by atoms with van der Waals surface area (Å²) in [6.45, 7) is 3.53. The van der Waals surface area contributed by atoms with Gasteiger partial charge in [0.05, 0.1) is 23.8 Å². The van der Waals surface area contributed by atoms with Crippen LogP contribution in [0.15, 0.2) is 65.6 Å². The van der Waals surface area contributed by atoms with E-state index in [1.54, 1.807) is 38.1 Å². The van der Waals surface area contributed by atoms with Crippen LogP contribution >= 0.6 is 30.8 Å². The average molecular weight is 502 g/mol. The van der Waals surface area contributed by atoms with Crippen molar-refractivity contribution in [3.63, 3.8) is 0 Å². The van der Waals surface area contributed by atoms with Crippen molar-refractivity contribution in [1.29, 1.82) is 0 Å². The maximum Gasteiger partial charge on any atom is 0.350 e. The molecule has 0 saturated carbocycles. The van der Waals surface area contributed by atoms with Crippen LogP contribution in [0.2, 0.25) is 10.0 Å². The molecule has 0 bridgehead atoms. The quantitative estimate of drug-likeness (QED) is 0.310. The molecule has 31 heavy (non-hydrogen) atoms. The molecular weight excluding hydrogens is 480 g/mol. The Morgan fingerprint density at radius 2 is 1.48 bits per heavy atom. The molecule has 0 radical (unpaired) electrons. The molecule has 0 unspecified atom stereocenters. The molecule has 0 spiro atoms. The van der Waals surface area contributed by atoms with Crippen molar-refractivity contribution in [2.75, 3.05) is 23.8 Å². The lowest BCUT2D eigenvalue weighted by molar-refractivity contribution is 0.221. The first-order chi connectivity index (χ1) is 14.7. The van der Waals surface area contributed by atoms with Gasteiger partial charge in [0.15, 0.2) is 0 Å². The largest absolute Gasteiger partial charge is 0.350 e. The standard InChI is InChI=1S/C21H22Cl2NO5PS/c1-3-28-30(25,29-4-2)15-24(21-11-7-9-16-8-5-6-10-20(16)21)31(26,27)19-13-17(22)12-18(23)14-19/h5-14H,3-4,15H2,1-2H3. The Hall–Kier alpha value is -1.60. The predicted molar refractivity (Wildman–Crippen MR) is 126 cm³/mol. The highest BCUT2D eigenvalue weighted by Gasteiger charge is 2.36. The number of nitrogens with zero attached hydrogens (tertiary/aromatic N) is 1. The molecule has 0 aromatic heterocycles. The third-order valence-electron chi connectivity index (χ3n) is 4.41. The summed E-state index contributed by atoms with van der Waals surface area (Å²) in [5.41, 5.74) is 0.342. The maximum atomic E-state index is 13.7. The molecule has 10 heteroatoms. The van der Waals surface area contributed by atoms with Crippen LogP contribution in [0.25, 0.3) is 10.8 Å². The topological polar surface area (TPSA) is 72.9 Å². The molecule has 0 aliphatic heterocycles.